The lowest BCUT2D eigenvalue weighted by Gasteiger charge is -2.09. The third kappa shape index (κ3) is 3.88. The fourth-order valence-corrected chi connectivity index (χ4v) is 1.36. The van der Waals surface area contributed by atoms with Crippen LogP contribution in [0.1, 0.15) is 31.2 Å². The Kier molecular flexibility index (Phi) is 4.76. The van der Waals surface area contributed by atoms with Crippen LogP contribution >= 0.6 is 0 Å². The van der Waals surface area contributed by atoms with Gasteiger partial charge in [0.15, 0.2) is 0 Å². The Morgan fingerprint density at radius 3 is 2.75 bits per heavy atom. The van der Waals surface area contributed by atoms with E-state index in [0.29, 0.717) is 6.54 Å². The van der Waals surface area contributed by atoms with Crippen molar-refractivity contribution in [2.24, 2.45) is 0 Å². The van der Waals surface area contributed by atoms with Gasteiger partial charge in [-0.1, -0.05) is 13.3 Å². The van der Waals surface area contributed by atoms with Gasteiger partial charge < -0.3 is 10.6 Å². The van der Waals surface area contributed by atoms with Crippen LogP contribution in [-0.2, 0) is 0 Å². The number of rotatable bonds is 4. The molecule has 0 aliphatic rings. The molecule has 16 heavy (non-hydrogen) atoms. The summed E-state index contributed by atoms with van der Waals surface area (Å²) in [6.07, 6.45) is 2.07. The number of pyridine rings is 1. The molecule has 0 atom stereocenters. The van der Waals surface area contributed by atoms with Crippen molar-refractivity contribution >= 4 is 11.7 Å². The molecular weight excluding hydrogens is 202 g/mol. The highest BCUT2D eigenvalue weighted by Gasteiger charge is 2.04. The molecular formula is C12H19N3O. The van der Waals surface area contributed by atoms with E-state index < -0.39 is 0 Å². The quantitative estimate of drug-likeness (QED) is 0.768. The van der Waals surface area contributed by atoms with Gasteiger partial charge in [0, 0.05) is 12.2 Å². The van der Waals surface area contributed by atoms with E-state index in [1.807, 2.05) is 26.0 Å². The number of nitrogens with zero attached hydrogens (tertiary/aromatic N) is 1. The van der Waals surface area contributed by atoms with E-state index in [9.17, 15) is 4.79 Å². The maximum atomic E-state index is 11.5. The van der Waals surface area contributed by atoms with Crippen molar-refractivity contribution in [3.8, 4) is 0 Å². The highest BCUT2D eigenvalue weighted by molar-refractivity contribution is 5.89. The molecule has 0 bridgehead atoms. The Morgan fingerprint density at radius 1 is 1.38 bits per heavy atom. The van der Waals surface area contributed by atoms with Crippen LogP contribution in [0, 0.1) is 13.8 Å². The summed E-state index contributed by atoms with van der Waals surface area (Å²) < 4.78 is 0. The predicted octanol–water partition coefficient (Wildman–Crippen LogP) is 2.62. The third-order valence-corrected chi connectivity index (χ3v) is 2.29. The molecule has 1 heterocycles. The topological polar surface area (TPSA) is 54.0 Å². The van der Waals surface area contributed by atoms with Crippen LogP contribution < -0.4 is 10.6 Å². The highest BCUT2D eigenvalue weighted by atomic mass is 16.2. The van der Waals surface area contributed by atoms with Gasteiger partial charge >= 0.3 is 6.03 Å². The normalized spacial score (nSPS) is 9.94. The lowest BCUT2D eigenvalue weighted by Crippen LogP contribution is -2.29. The average molecular weight is 221 g/mol. The van der Waals surface area contributed by atoms with Gasteiger partial charge in [-0.15, -0.1) is 0 Å². The second-order valence-electron chi connectivity index (χ2n) is 3.82. The maximum Gasteiger partial charge on any atom is 0.319 e. The SMILES string of the molecule is CCCCNC(=O)Nc1ccc(C)nc1C. The Morgan fingerprint density at radius 2 is 2.12 bits per heavy atom. The minimum Gasteiger partial charge on any atom is -0.338 e. The Bertz CT molecular complexity index is 363. The first-order valence-corrected chi connectivity index (χ1v) is 5.62. The second kappa shape index (κ2) is 6.10. The molecule has 2 N–H and O–H groups in total. The summed E-state index contributed by atoms with van der Waals surface area (Å²) in [6, 6.07) is 3.59. The number of hydrogen-bond donors (Lipinski definition) is 2. The highest BCUT2D eigenvalue weighted by Crippen LogP contribution is 2.11. The van der Waals surface area contributed by atoms with Gasteiger partial charge in [-0.2, -0.15) is 0 Å². The first-order valence-electron chi connectivity index (χ1n) is 5.62. The summed E-state index contributed by atoms with van der Waals surface area (Å²) in [5.74, 6) is 0. The molecule has 0 radical (unpaired) electrons. The van der Waals surface area contributed by atoms with Crippen molar-refractivity contribution in [3.63, 3.8) is 0 Å². The summed E-state index contributed by atoms with van der Waals surface area (Å²) in [4.78, 5) is 15.8. The predicted molar refractivity (Wildman–Crippen MR) is 65.6 cm³/mol. The Labute approximate surface area is 96.5 Å². The van der Waals surface area contributed by atoms with E-state index >= 15 is 0 Å². The van der Waals surface area contributed by atoms with Crippen molar-refractivity contribution in [2.75, 3.05) is 11.9 Å². The molecule has 1 aromatic heterocycles. The van der Waals surface area contributed by atoms with Crippen LogP contribution in [0.5, 0.6) is 0 Å². The van der Waals surface area contributed by atoms with Crippen LogP contribution in [0.25, 0.3) is 0 Å². The zero-order valence-corrected chi connectivity index (χ0v) is 10.1. The van der Waals surface area contributed by atoms with Gasteiger partial charge in [0.1, 0.15) is 0 Å². The van der Waals surface area contributed by atoms with Crippen LogP contribution in [0.2, 0.25) is 0 Å². The smallest absolute Gasteiger partial charge is 0.319 e. The van der Waals surface area contributed by atoms with E-state index in [-0.39, 0.29) is 6.03 Å². The number of unbranched alkanes of at least 4 members (excludes halogenated alkanes) is 1. The number of aryl methyl sites for hydroxylation is 2. The van der Waals surface area contributed by atoms with Gasteiger partial charge in [0.2, 0.25) is 0 Å². The van der Waals surface area contributed by atoms with E-state index in [1.54, 1.807) is 0 Å². The van der Waals surface area contributed by atoms with Gasteiger partial charge in [-0.3, -0.25) is 4.98 Å². The zero-order chi connectivity index (χ0) is 12.0. The number of amides is 2. The van der Waals surface area contributed by atoms with Crippen LogP contribution in [-0.4, -0.2) is 17.6 Å². The van der Waals surface area contributed by atoms with Crippen molar-refractivity contribution in [1.82, 2.24) is 10.3 Å². The summed E-state index contributed by atoms with van der Waals surface area (Å²) in [5.41, 5.74) is 2.56. The molecule has 0 aliphatic carbocycles. The largest absolute Gasteiger partial charge is 0.338 e. The van der Waals surface area contributed by atoms with Gasteiger partial charge in [0.25, 0.3) is 0 Å². The molecule has 0 aromatic carbocycles. The number of urea groups is 1. The number of carbonyl (C=O) groups is 1. The number of anilines is 1. The summed E-state index contributed by atoms with van der Waals surface area (Å²) in [7, 11) is 0. The molecule has 0 spiro atoms. The zero-order valence-electron chi connectivity index (χ0n) is 10.1. The Hall–Kier alpha value is -1.58. The molecule has 88 valence electrons. The maximum absolute atomic E-state index is 11.5. The molecule has 0 fully saturated rings. The van der Waals surface area contributed by atoms with Crippen LogP contribution in [0.4, 0.5) is 10.5 Å². The summed E-state index contributed by atoms with van der Waals surface area (Å²) in [5, 5.41) is 5.58. The monoisotopic (exact) mass is 221 g/mol. The fourth-order valence-electron chi connectivity index (χ4n) is 1.36. The summed E-state index contributed by atoms with van der Waals surface area (Å²) in [6.45, 7) is 6.61. The van der Waals surface area contributed by atoms with E-state index in [1.165, 1.54) is 0 Å². The number of aromatic nitrogens is 1. The van der Waals surface area contributed by atoms with Gasteiger partial charge in [-0.05, 0) is 32.4 Å². The Balaban J connectivity index is 2.49. The van der Waals surface area contributed by atoms with Crippen molar-refractivity contribution in [3.05, 3.63) is 23.5 Å². The second-order valence-corrected chi connectivity index (χ2v) is 3.82. The fraction of sp³-hybridized carbons (Fsp3) is 0.500. The molecule has 1 aromatic rings. The first kappa shape index (κ1) is 12.5. The van der Waals surface area contributed by atoms with E-state index in [4.69, 9.17) is 0 Å². The lowest BCUT2D eigenvalue weighted by molar-refractivity contribution is 0.252. The molecule has 4 heteroatoms. The first-order chi connectivity index (χ1) is 7.63. The van der Waals surface area contributed by atoms with E-state index in [2.05, 4.69) is 22.5 Å². The third-order valence-electron chi connectivity index (χ3n) is 2.29. The van der Waals surface area contributed by atoms with E-state index in [0.717, 1.165) is 29.9 Å². The molecule has 1 rings (SSSR count). The van der Waals surface area contributed by atoms with Gasteiger partial charge in [0.05, 0.1) is 11.4 Å². The van der Waals surface area contributed by atoms with Gasteiger partial charge in [-0.25, -0.2) is 4.79 Å². The molecule has 0 saturated carbocycles. The van der Waals surface area contributed by atoms with Crippen molar-refractivity contribution in [1.29, 1.82) is 0 Å². The van der Waals surface area contributed by atoms with Crippen LogP contribution in [0.3, 0.4) is 0 Å². The lowest BCUT2D eigenvalue weighted by atomic mass is 10.3. The average Bonchev–Trinajstić information content (AvgIpc) is 2.23. The van der Waals surface area contributed by atoms with Crippen molar-refractivity contribution < 1.29 is 4.79 Å². The number of nitrogens with one attached hydrogen (secondary N) is 2. The van der Waals surface area contributed by atoms with Crippen molar-refractivity contribution in [2.45, 2.75) is 33.6 Å². The summed E-state index contributed by atoms with van der Waals surface area (Å²) >= 11 is 0. The molecule has 4 nitrogen and oxygen atoms in total. The molecule has 0 unspecified atom stereocenters. The molecule has 0 saturated heterocycles. The number of hydrogen-bond acceptors (Lipinski definition) is 2. The minimum absolute atomic E-state index is 0.165. The molecule has 2 amide bonds. The standard InChI is InChI=1S/C12H19N3O/c1-4-5-8-13-12(16)15-11-7-6-9(2)14-10(11)3/h6-7H,4-5,8H2,1-3H3,(H2,13,15,16). The minimum atomic E-state index is -0.165. The molecule has 0 aliphatic heterocycles. The van der Waals surface area contributed by atoms with Crippen LogP contribution in [0.15, 0.2) is 12.1 Å². The number of carbonyl (C=O) groups excluding carboxylic acids is 1.